The fourth-order valence-corrected chi connectivity index (χ4v) is 2.96. The Balaban J connectivity index is 1.98. The normalized spacial score (nSPS) is 17.2. The van der Waals surface area contributed by atoms with E-state index in [9.17, 15) is 13.2 Å². The van der Waals surface area contributed by atoms with Gasteiger partial charge >= 0.3 is 6.09 Å². The zero-order valence-corrected chi connectivity index (χ0v) is 15.2. The third-order valence-corrected chi connectivity index (χ3v) is 4.58. The highest BCUT2D eigenvalue weighted by Crippen LogP contribution is 2.14. The molecule has 24 heavy (non-hydrogen) atoms. The number of benzene rings is 1. The number of rotatable bonds is 3. The molecule has 0 aliphatic carbocycles. The van der Waals surface area contributed by atoms with Crippen molar-refractivity contribution < 1.29 is 17.9 Å². The first kappa shape index (κ1) is 18.3. The van der Waals surface area contributed by atoms with Gasteiger partial charge in [0.05, 0.1) is 17.2 Å². The number of carbonyl (C=O) groups excluding carboxylic acids is 1. The molecule has 1 amide bonds. The van der Waals surface area contributed by atoms with Crippen molar-refractivity contribution in [2.24, 2.45) is 5.10 Å². The van der Waals surface area contributed by atoms with Crippen LogP contribution in [0, 0.1) is 6.92 Å². The van der Waals surface area contributed by atoms with Gasteiger partial charge in [-0.1, -0.05) is 17.7 Å². The maximum absolute atomic E-state index is 12.2. The minimum atomic E-state index is -3.70. The van der Waals surface area contributed by atoms with Gasteiger partial charge < -0.3 is 9.64 Å². The molecule has 0 saturated carbocycles. The SMILES string of the molecule is Cc1ccc(S(=O)(=O)N/N=C2/CCN(C(=O)OC(C)(C)C)C2)cc1. The molecule has 0 radical (unpaired) electrons. The van der Waals surface area contributed by atoms with Gasteiger partial charge in [0.15, 0.2) is 0 Å². The molecular formula is C16H23N3O4S. The molecule has 2 rings (SSSR count). The maximum Gasteiger partial charge on any atom is 0.410 e. The number of nitrogens with one attached hydrogen (secondary N) is 1. The van der Waals surface area contributed by atoms with Gasteiger partial charge in [-0.15, -0.1) is 0 Å². The summed E-state index contributed by atoms with van der Waals surface area (Å²) in [6.07, 6.45) is 0.0874. The Bertz CT molecular complexity index is 734. The largest absolute Gasteiger partial charge is 0.444 e. The van der Waals surface area contributed by atoms with E-state index < -0.39 is 21.7 Å². The van der Waals surface area contributed by atoms with E-state index in [0.29, 0.717) is 18.7 Å². The van der Waals surface area contributed by atoms with Gasteiger partial charge in [0.2, 0.25) is 0 Å². The van der Waals surface area contributed by atoms with Crippen LogP contribution in [0.15, 0.2) is 34.3 Å². The van der Waals surface area contributed by atoms with Crippen molar-refractivity contribution in [2.75, 3.05) is 13.1 Å². The van der Waals surface area contributed by atoms with E-state index in [4.69, 9.17) is 4.74 Å². The molecule has 7 nitrogen and oxygen atoms in total. The summed E-state index contributed by atoms with van der Waals surface area (Å²) in [5, 5.41) is 3.95. The minimum absolute atomic E-state index is 0.152. The Labute approximate surface area is 142 Å². The number of likely N-dealkylation sites (tertiary alicyclic amines) is 1. The second-order valence-corrected chi connectivity index (χ2v) is 8.40. The predicted molar refractivity (Wildman–Crippen MR) is 91.4 cm³/mol. The lowest BCUT2D eigenvalue weighted by Crippen LogP contribution is -2.35. The molecule has 0 aromatic heterocycles. The van der Waals surface area contributed by atoms with Crippen LogP contribution < -0.4 is 4.83 Å². The van der Waals surface area contributed by atoms with Crippen molar-refractivity contribution in [1.82, 2.24) is 9.73 Å². The molecule has 1 fully saturated rings. The number of nitrogens with zero attached hydrogens (tertiary/aromatic N) is 2. The number of sulfonamides is 1. The number of hydrogen-bond acceptors (Lipinski definition) is 5. The highest BCUT2D eigenvalue weighted by Gasteiger charge is 2.27. The Kier molecular flexibility index (Phi) is 5.17. The molecule has 1 heterocycles. The summed E-state index contributed by atoms with van der Waals surface area (Å²) in [5.41, 5.74) is 1.00. The molecule has 1 aliphatic rings. The first-order valence-corrected chi connectivity index (χ1v) is 9.17. The predicted octanol–water partition coefficient (Wildman–Crippen LogP) is 2.27. The first-order valence-electron chi connectivity index (χ1n) is 7.69. The van der Waals surface area contributed by atoms with Crippen LogP contribution in [-0.2, 0) is 14.8 Å². The molecule has 1 aromatic carbocycles. The quantitative estimate of drug-likeness (QED) is 0.844. The fourth-order valence-electron chi connectivity index (χ4n) is 2.11. The molecule has 1 aliphatic heterocycles. The van der Waals surface area contributed by atoms with E-state index in [-0.39, 0.29) is 11.4 Å². The van der Waals surface area contributed by atoms with Crippen LogP contribution in [0.3, 0.4) is 0 Å². The number of hydrazone groups is 1. The summed E-state index contributed by atoms with van der Waals surface area (Å²) in [6.45, 7) is 7.99. The fraction of sp³-hybridized carbons (Fsp3) is 0.500. The summed E-state index contributed by atoms with van der Waals surface area (Å²) in [5.74, 6) is 0. The number of carbonyl (C=O) groups is 1. The van der Waals surface area contributed by atoms with Crippen LogP contribution in [0.4, 0.5) is 4.79 Å². The Morgan fingerprint density at radius 2 is 1.88 bits per heavy atom. The molecule has 132 valence electrons. The van der Waals surface area contributed by atoms with Crippen molar-refractivity contribution in [1.29, 1.82) is 0 Å². The molecule has 8 heteroatoms. The second kappa shape index (κ2) is 6.80. The van der Waals surface area contributed by atoms with Crippen molar-refractivity contribution in [3.05, 3.63) is 29.8 Å². The first-order chi connectivity index (χ1) is 11.1. The Hall–Kier alpha value is -2.09. The van der Waals surface area contributed by atoms with Gasteiger partial charge in [-0.2, -0.15) is 13.5 Å². The molecule has 1 N–H and O–H groups in total. The smallest absolute Gasteiger partial charge is 0.410 e. The van der Waals surface area contributed by atoms with E-state index in [1.165, 1.54) is 17.0 Å². The van der Waals surface area contributed by atoms with Gasteiger partial charge in [-0.3, -0.25) is 0 Å². The van der Waals surface area contributed by atoms with Gasteiger partial charge in [0, 0.05) is 13.0 Å². The summed E-state index contributed by atoms with van der Waals surface area (Å²) < 4.78 is 29.6. The highest BCUT2D eigenvalue weighted by molar-refractivity contribution is 7.89. The van der Waals surface area contributed by atoms with E-state index in [0.717, 1.165) is 5.56 Å². The maximum atomic E-state index is 12.2. The second-order valence-electron chi connectivity index (χ2n) is 6.74. The van der Waals surface area contributed by atoms with Crippen LogP contribution >= 0.6 is 0 Å². The molecule has 1 aromatic rings. The van der Waals surface area contributed by atoms with Crippen molar-refractivity contribution >= 4 is 21.8 Å². The molecule has 0 atom stereocenters. The summed E-state index contributed by atoms with van der Waals surface area (Å²) >= 11 is 0. The highest BCUT2D eigenvalue weighted by atomic mass is 32.2. The molecule has 0 spiro atoms. The Morgan fingerprint density at radius 1 is 1.25 bits per heavy atom. The van der Waals surface area contributed by atoms with E-state index in [1.807, 2.05) is 6.92 Å². The number of aryl methyl sites for hydroxylation is 1. The standard InChI is InChI=1S/C16H23N3O4S/c1-12-5-7-14(8-6-12)24(21,22)18-17-13-9-10-19(11-13)15(20)23-16(2,3)4/h5-8,18H,9-11H2,1-4H3/b17-13-. The van der Waals surface area contributed by atoms with E-state index in [2.05, 4.69) is 9.93 Å². The van der Waals surface area contributed by atoms with Crippen LogP contribution in [0.2, 0.25) is 0 Å². The third-order valence-electron chi connectivity index (χ3n) is 3.35. The van der Waals surface area contributed by atoms with Gasteiger partial charge in [0.1, 0.15) is 5.60 Å². The molecule has 1 saturated heterocycles. The topological polar surface area (TPSA) is 88.1 Å². The van der Waals surface area contributed by atoms with Gasteiger partial charge in [0.25, 0.3) is 10.0 Å². The van der Waals surface area contributed by atoms with E-state index in [1.54, 1.807) is 32.9 Å². The van der Waals surface area contributed by atoms with Crippen LogP contribution in [0.25, 0.3) is 0 Å². The summed E-state index contributed by atoms with van der Waals surface area (Å²) in [6, 6.07) is 6.50. The average Bonchev–Trinajstić information content (AvgIpc) is 2.93. The molecular weight excluding hydrogens is 330 g/mol. The van der Waals surface area contributed by atoms with Crippen molar-refractivity contribution in [2.45, 2.75) is 44.6 Å². The summed E-state index contributed by atoms with van der Waals surface area (Å²) in [7, 11) is -3.70. The lowest BCUT2D eigenvalue weighted by atomic mass is 10.2. The average molecular weight is 353 g/mol. The van der Waals surface area contributed by atoms with Gasteiger partial charge in [-0.05, 0) is 39.8 Å². The zero-order valence-electron chi connectivity index (χ0n) is 14.4. The monoisotopic (exact) mass is 353 g/mol. The number of ether oxygens (including phenoxy) is 1. The lowest BCUT2D eigenvalue weighted by molar-refractivity contribution is 0.0302. The van der Waals surface area contributed by atoms with Crippen LogP contribution in [0.5, 0.6) is 0 Å². The summed E-state index contributed by atoms with van der Waals surface area (Å²) in [4.78, 5) is 15.9. The minimum Gasteiger partial charge on any atom is -0.444 e. The van der Waals surface area contributed by atoms with Crippen molar-refractivity contribution in [3.8, 4) is 0 Å². The van der Waals surface area contributed by atoms with Crippen molar-refractivity contribution in [3.63, 3.8) is 0 Å². The number of hydrogen-bond donors (Lipinski definition) is 1. The van der Waals surface area contributed by atoms with Crippen LogP contribution in [-0.4, -0.2) is 43.8 Å². The molecule has 0 unspecified atom stereocenters. The number of amides is 1. The Morgan fingerprint density at radius 3 is 2.46 bits per heavy atom. The van der Waals surface area contributed by atoms with Gasteiger partial charge in [-0.25, -0.2) is 9.63 Å². The lowest BCUT2D eigenvalue weighted by Gasteiger charge is -2.23. The zero-order chi connectivity index (χ0) is 18.0. The van der Waals surface area contributed by atoms with Crippen LogP contribution in [0.1, 0.15) is 32.8 Å². The third kappa shape index (κ3) is 4.95. The molecule has 0 bridgehead atoms. The van der Waals surface area contributed by atoms with E-state index >= 15 is 0 Å².